The highest BCUT2D eigenvalue weighted by atomic mass is 16.5. The Hall–Kier alpha value is -1.31. The zero-order valence-corrected chi connectivity index (χ0v) is 13.6. The Balaban J connectivity index is 2.60. The number of aryl methyl sites for hydroxylation is 1. The molecule has 2 nitrogen and oxygen atoms in total. The van der Waals surface area contributed by atoms with Gasteiger partial charge in [-0.15, -0.1) is 0 Å². The van der Waals surface area contributed by atoms with Crippen LogP contribution in [-0.2, 0) is 12.8 Å². The topological polar surface area (TPSA) is 26.1 Å². The number of hydrogen-bond donors (Lipinski definition) is 0. The SMILES string of the molecule is CCCCc1ccc(CC(C)C=[N+]([O-])C(C)(C)C)cc1. The Morgan fingerprint density at radius 2 is 1.70 bits per heavy atom. The van der Waals surface area contributed by atoms with Crippen molar-refractivity contribution in [3.05, 3.63) is 40.6 Å². The fourth-order valence-electron chi connectivity index (χ4n) is 2.10. The number of hydroxylamine groups is 1. The van der Waals surface area contributed by atoms with Crippen LogP contribution in [0.1, 0.15) is 58.6 Å². The Morgan fingerprint density at radius 3 is 2.20 bits per heavy atom. The van der Waals surface area contributed by atoms with E-state index in [4.69, 9.17) is 0 Å². The molecule has 0 saturated carbocycles. The average Bonchev–Trinajstić information content (AvgIpc) is 2.36. The minimum absolute atomic E-state index is 0.258. The summed E-state index contributed by atoms with van der Waals surface area (Å²) in [5, 5.41) is 11.9. The molecule has 2 heteroatoms. The van der Waals surface area contributed by atoms with Gasteiger partial charge in [0.25, 0.3) is 0 Å². The third kappa shape index (κ3) is 5.77. The second-order valence-electron chi connectivity index (χ2n) is 6.75. The van der Waals surface area contributed by atoms with Crippen molar-refractivity contribution in [3.63, 3.8) is 0 Å². The molecule has 0 fully saturated rings. The van der Waals surface area contributed by atoms with E-state index in [-0.39, 0.29) is 11.5 Å². The highest BCUT2D eigenvalue weighted by molar-refractivity contribution is 5.55. The molecule has 1 atom stereocenters. The minimum atomic E-state index is -0.349. The van der Waals surface area contributed by atoms with Gasteiger partial charge in [0.2, 0.25) is 0 Å². The van der Waals surface area contributed by atoms with E-state index >= 15 is 0 Å². The van der Waals surface area contributed by atoms with E-state index in [1.807, 2.05) is 20.8 Å². The fourth-order valence-corrected chi connectivity index (χ4v) is 2.10. The summed E-state index contributed by atoms with van der Waals surface area (Å²) in [7, 11) is 0. The Kier molecular flexibility index (Phi) is 6.25. The zero-order chi connectivity index (χ0) is 15.2. The van der Waals surface area contributed by atoms with Crippen molar-refractivity contribution in [2.45, 2.75) is 65.8 Å². The molecule has 1 rings (SSSR count). The van der Waals surface area contributed by atoms with E-state index in [0.717, 1.165) is 17.6 Å². The third-order valence-electron chi connectivity index (χ3n) is 3.45. The number of unbranched alkanes of at least 4 members (excludes halogenated alkanes) is 1. The maximum absolute atomic E-state index is 11.9. The molecule has 20 heavy (non-hydrogen) atoms. The molecule has 0 amide bonds. The molecule has 1 unspecified atom stereocenters. The first-order valence-corrected chi connectivity index (χ1v) is 7.72. The van der Waals surface area contributed by atoms with E-state index in [2.05, 4.69) is 38.1 Å². The Bertz CT molecular complexity index is 426. The quantitative estimate of drug-likeness (QED) is 0.323. The molecule has 0 heterocycles. The van der Waals surface area contributed by atoms with Gasteiger partial charge in [0.15, 0.2) is 11.8 Å². The molecule has 0 aliphatic rings. The molecule has 0 aromatic heterocycles. The third-order valence-corrected chi connectivity index (χ3v) is 3.45. The van der Waals surface area contributed by atoms with Crippen LogP contribution in [-0.4, -0.2) is 16.5 Å². The van der Waals surface area contributed by atoms with Crippen LogP contribution in [0.25, 0.3) is 0 Å². The van der Waals surface area contributed by atoms with Crippen molar-refractivity contribution in [2.24, 2.45) is 5.92 Å². The lowest BCUT2D eigenvalue weighted by molar-refractivity contribution is -0.533. The lowest BCUT2D eigenvalue weighted by atomic mass is 9.99. The van der Waals surface area contributed by atoms with Crippen LogP contribution in [0.15, 0.2) is 24.3 Å². The number of nitrogens with zero attached hydrogens (tertiary/aromatic N) is 1. The van der Waals surface area contributed by atoms with Gasteiger partial charge >= 0.3 is 0 Å². The summed E-state index contributed by atoms with van der Waals surface area (Å²) in [6.07, 6.45) is 6.37. The maximum Gasteiger partial charge on any atom is 0.164 e. The van der Waals surface area contributed by atoms with Gasteiger partial charge in [-0.3, -0.25) is 0 Å². The lowest BCUT2D eigenvalue weighted by Crippen LogP contribution is -2.30. The second kappa shape index (κ2) is 7.47. The van der Waals surface area contributed by atoms with Crippen molar-refractivity contribution in [3.8, 4) is 0 Å². The van der Waals surface area contributed by atoms with Crippen molar-refractivity contribution < 1.29 is 4.74 Å². The molecule has 112 valence electrons. The summed E-state index contributed by atoms with van der Waals surface area (Å²) in [6.45, 7) is 10.1. The number of benzene rings is 1. The van der Waals surface area contributed by atoms with Crippen LogP contribution in [0.2, 0.25) is 0 Å². The molecule has 1 aromatic rings. The molecule has 1 aromatic carbocycles. The van der Waals surface area contributed by atoms with Crippen molar-refractivity contribution >= 4 is 6.21 Å². The van der Waals surface area contributed by atoms with Gasteiger partial charge in [0.1, 0.15) is 0 Å². The highest BCUT2D eigenvalue weighted by Gasteiger charge is 2.19. The van der Waals surface area contributed by atoms with Crippen LogP contribution < -0.4 is 0 Å². The van der Waals surface area contributed by atoms with Gasteiger partial charge in [-0.05, 0) is 30.4 Å². The van der Waals surface area contributed by atoms with Crippen LogP contribution in [0.5, 0.6) is 0 Å². The molecule has 0 N–H and O–H groups in total. The first kappa shape index (κ1) is 16.7. The van der Waals surface area contributed by atoms with Crippen LogP contribution in [0, 0.1) is 11.1 Å². The molecule has 0 spiro atoms. The van der Waals surface area contributed by atoms with Gasteiger partial charge in [-0.1, -0.05) is 44.5 Å². The first-order chi connectivity index (χ1) is 9.32. The van der Waals surface area contributed by atoms with E-state index in [0.29, 0.717) is 0 Å². The molecule has 0 bridgehead atoms. The molecular weight excluding hydrogens is 246 g/mol. The van der Waals surface area contributed by atoms with E-state index in [9.17, 15) is 5.21 Å². The summed E-state index contributed by atoms with van der Waals surface area (Å²) in [5.41, 5.74) is 2.36. The monoisotopic (exact) mass is 275 g/mol. The average molecular weight is 275 g/mol. The molecule has 0 saturated heterocycles. The van der Waals surface area contributed by atoms with Gasteiger partial charge in [-0.2, -0.15) is 0 Å². The van der Waals surface area contributed by atoms with Gasteiger partial charge in [0.05, 0.1) is 0 Å². The first-order valence-electron chi connectivity index (χ1n) is 7.72. The zero-order valence-electron chi connectivity index (χ0n) is 13.6. The number of rotatable bonds is 6. The molecule has 0 radical (unpaired) electrons. The summed E-state index contributed by atoms with van der Waals surface area (Å²) in [5.74, 6) is 0.258. The summed E-state index contributed by atoms with van der Waals surface area (Å²) in [4.78, 5) is 0. The summed E-state index contributed by atoms with van der Waals surface area (Å²) in [6, 6.07) is 8.83. The van der Waals surface area contributed by atoms with Crippen molar-refractivity contribution in [2.75, 3.05) is 0 Å². The largest absolute Gasteiger partial charge is 0.624 e. The Labute approximate surface area is 124 Å². The summed E-state index contributed by atoms with van der Waals surface area (Å²) >= 11 is 0. The van der Waals surface area contributed by atoms with Gasteiger partial charge < -0.3 is 5.21 Å². The predicted octanol–water partition coefficient (Wildman–Crippen LogP) is 4.59. The standard InChI is InChI=1S/C18H29NO/c1-6-7-8-16-9-11-17(12-10-16)13-15(2)14-19(20)18(3,4)5/h9-12,14-15H,6-8,13H2,1-5H3. The van der Waals surface area contributed by atoms with Crippen molar-refractivity contribution in [1.82, 2.24) is 0 Å². The van der Waals surface area contributed by atoms with E-state index < -0.39 is 0 Å². The molecular formula is C18H29NO. The smallest absolute Gasteiger partial charge is 0.164 e. The molecule has 0 aliphatic heterocycles. The van der Waals surface area contributed by atoms with E-state index in [1.165, 1.54) is 24.0 Å². The lowest BCUT2D eigenvalue weighted by Gasteiger charge is -2.20. The van der Waals surface area contributed by atoms with Gasteiger partial charge in [-0.25, -0.2) is 4.74 Å². The van der Waals surface area contributed by atoms with Crippen LogP contribution >= 0.6 is 0 Å². The summed E-state index contributed by atoms with van der Waals surface area (Å²) < 4.78 is 1.08. The Morgan fingerprint density at radius 1 is 1.15 bits per heavy atom. The maximum atomic E-state index is 11.9. The minimum Gasteiger partial charge on any atom is -0.624 e. The predicted molar refractivity (Wildman–Crippen MR) is 87.4 cm³/mol. The number of hydrogen-bond acceptors (Lipinski definition) is 1. The van der Waals surface area contributed by atoms with Crippen LogP contribution in [0.4, 0.5) is 0 Å². The highest BCUT2D eigenvalue weighted by Crippen LogP contribution is 2.12. The van der Waals surface area contributed by atoms with Crippen LogP contribution in [0.3, 0.4) is 0 Å². The normalized spacial score (nSPS) is 14.3. The fraction of sp³-hybridized carbons (Fsp3) is 0.611. The van der Waals surface area contributed by atoms with Gasteiger partial charge in [0, 0.05) is 26.7 Å². The van der Waals surface area contributed by atoms with E-state index in [1.54, 1.807) is 6.21 Å². The second-order valence-corrected chi connectivity index (χ2v) is 6.75. The van der Waals surface area contributed by atoms with Crippen molar-refractivity contribution in [1.29, 1.82) is 0 Å². The molecule has 0 aliphatic carbocycles.